The molecular weight excluding hydrogens is 418 g/mol. The Hall–Kier alpha value is -3.08. The molecule has 3 aromatic rings. The highest BCUT2D eigenvalue weighted by molar-refractivity contribution is 5.76. The minimum Gasteiger partial charge on any atom is -0.343 e. The van der Waals surface area contributed by atoms with E-state index in [1.165, 1.54) is 35.5 Å². The Bertz CT molecular complexity index is 1070. The van der Waals surface area contributed by atoms with Crippen LogP contribution in [0.5, 0.6) is 0 Å². The molecule has 1 aliphatic heterocycles. The van der Waals surface area contributed by atoms with Crippen LogP contribution in [0.4, 0.5) is 8.78 Å². The second-order valence-corrected chi connectivity index (χ2v) is 9.35. The van der Waals surface area contributed by atoms with Gasteiger partial charge in [0.15, 0.2) is 0 Å². The van der Waals surface area contributed by atoms with Crippen molar-refractivity contribution in [3.63, 3.8) is 0 Å². The summed E-state index contributed by atoms with van der Waals surface area (Å²) in [5, 5.41) is 0. The molecule has 170 valence electrons. The van der Waals surface area contributed by atoms with Crippen LogP contribution in [0.25, 0.3) is 0 Å². The third kappa shape index (κ3) is 4.41. The van der Waals surface area contributed by atoms with E-state index in [9.17, 15) is 13.6 Å². The number of piperidine rings is 1. The molecule has 1 aromatic heterocycles. The number of benzene rings is 2. The zero-order chi connectivity index (χ0) is 22.8. The van der Waals surface area contributed by atoms with Crippen LogP contribution in [0, 0.1) is 11.6 Å². The molecule has 0 radical (unpaired) electrons. The van der Waals surface area contributed by atoms with E-state index in [2.05, 4.69) is 11.1 Å². The number of carbonyl (C=O) groups excluding carboxylic acids is 1. The number of carbonyl (C=O) groups is 1. The monoisotopic (exact) mass is 446 g/mol. The summed E-state index contributed by atoms with van der Waals surface area (Å²) < 4.78 is 26.9. The van der Waals surface area contributed by atoms with Crippen molar-refractivity contribution in [1.82, 2.24) is 9.88 Å². The van der Waals surface area contributed by atoms with Crippen LogP contribution < -0.4 is 0 Å². The molecular formula is C28H28F2N2O. The third-order valence-electron chi connectivity index (χ3n) is 7.57. The van der Waals surface area contributed by atoms with E-state index in [-0.39, 0.29) is 28.9 Å². The number of amides is 1. The minimum absolute atomic E-state index is 0.0842. The predicted octanol–water partition coefficient (Wildman–Crippen LogP) is 5.78. The summed E-state index contributed by atoms with van der Waals surface area (Å²) in [5.41, 5.74) is 4.64. The summed E-state index contributed by atoms with van der Waals surface area (Å²) in [6.07, 6.45) is 7.00. The normalized spacial score (nSPS) is 16.9. The molecule has 2 heterocycles. The summed E-state index contributed by atoms with van der Waals surface area (Å²) in [7, 11) is 0. The molecule has 0 saturated carbocycles. The van der Waals surface area contributed by atoms with Gasteiger partial charge < -0.3 is 4.90 Å². The number of hydrogen-bond donors (Lipinski definition) is 0. The van der Waals surface area contributed by atoms with Gasteiger partial charge in [0.2, 0.25) is 5.91 Å². The van der Waals surface area contributed by atoms with Gasteiger partial charge >= 0.3 is 0 Å². The first kappa shape index (κ1) is 21.7. The van der Waals surface area contributed by atoms with Crippen molar-refractivity contribution < 1.29 is 13.6 Å². The van der Waals surface area contributed by atoms with Gasteiger partial charge in [-0.25, -0.2) is 8.78 Å². The van der Waals surface area contributed by atoms with Crippen molar-refractivity contribution in [1.29, 1.82) is 0 Å². The molecule has 1 fully saturated rings. The second-order valence-electron chi connectivity index (χ2n) is 9.35. The van der Waals surface area contributed by atoms with Crippen molar-refractivity contribution in [2.24, 2.45) is 0 Å². The fraction of sp³-hybridized carbons (Fsp3) is 0.357. The smallest absolute Gasteiger partial charge is 0.222 e. The van der Waals surface area contributed by atoms with E-state index >= 15 is 0 Å². The lowest BCUT2D eigenvalue weighted by molar-refractivity contribution is -0.133. The van der Waals surface area contributed by atoms with Crippen molar-refractivity contribution in [3.05, 3.63) is 101 Å². The zero-order valence-corrected chi connectivity index (χ0v) is 18.6. The summed E-state index contributed by atoms with van der Waals surface area (Å²) in [6.45, 7) is 1.54. The van der Waals surface area contributed by atoms with E-state index in [4.69, 9.17) is 0 Å². The quantitative estimate of drug-likeness (QED) is 0.498. The summed E-state index contributed by atoms with van der Waals surface area (Å²) in [4.78, 5) is 19.7. The molecule has 2 aliphatic rings. The van der Waals surface area contributed by atoms with Crippen molar-refractivity contribution in [2.45, 2.75) is 49.9 Å². The van der Waals surface area contributed by atoms with Crippen molar-refractivity contribution in [2.75, 3.05) is 13.1 Å². The Morgan fingerprint density at radius 2 is 1.52 bits per heavy atom. The number of aryl methyl sites for hydroxylation is 1. The third-order valence-corrected chi connectivity index (χ3v) is 7.57. The molecule has 3 nitrogen and oxygen atoms in total. The number of hydrogen-bond acceptors (Lipinski definition) is 2. The Labute approximate surface area is 193 Å². The standard InChI is InChI=1S/C28H28F2N2O/c29-22-7-3-20(4-8-22)24(21-5-9-23(30)10-6-21)11-12-27(33)32-18-15-28(16-19-32)14-13-26-25(28)2-1-17-31-26/h1-10,17,24H,11-16,18-19H2. The first-order chi connectivity index (χ1) is 16.0. The molecule has 1 aliphatic carbocycles. The average Bonchev–Trinajstić information content (AvgIpc) is 3.20. The van der Waals surface area contributed by atoms with Crippen LogP contribution >= 0.6 is 0 Å². The van der Waals surface area contributed by atoms with Crippen molar-refractivity contribution >= 4 is 5.91 Å². The number of fused-ring (bicyclic) bond motifs is 2. The van der Waals surface area contributed by atoms with Crippen LogP contribution in [0.3, 0.4) is 0 Å². The first-order valence-corrected chi connectivity index (χ1v) is 11.8. The number of halogens is 2. The molecule has 0 N–H and O–H groups in total. The van der Waals surface area contributed by atoms with E-state index in [0.717, 1.165) is 49.9 Å². The maximum atomic E-state index is 13.5. The average molecular weight is 447 g/mol. The van der Waals surface area contributed by atoms with Crippen LogP contribution in [0.2, 0.25) is 0 Å². The Balaban J connectivity index is 1.25. The highest BCUT2D eigenvalue weighted by Crippen LogP contribution is 2.45. The molecule has 1 saturated heterocycles. The maximum Gasteiger partial charge on any atom is 0.222 e. The van der Waals surface area contributed by atoms with Gasteiger partial charge in [0.1, 0.15) is 11.6 Å². The number of rotatable bonds is 5. The number of pyridine rings is 1. The highest BCUT2D eigenvalue weighted by Gasteiger charge is 2.42. The largest absolute Gasteiger partial charge is 0.343 e. The fourth-order valence-corrected chi connectivity index (χ4v) is 5.66. The Morgan fingerprint density at radius 3 is 2.12 bits per heavy atom. The maximum absolute atomic E-state index is 13.5. The molecule has 0 unspecified atom stereocenters. The predicted molar refractivity (Wildman–Crippen MR) is 124 cm³/mol. The molecule has 0 atom stereocenters. The lowest BCUT2D eigenvalue weighted by Crippen LogP contribution is -2.44. The van der Waals surface area contributed by atoms with E-state index in [0.29, 0.717) is 12.8 Å². The van der Waals surface area contributed by atoms with Gasteiger partial charge in [0.05, 0.1) is 0 Å². The van der Waals surface area contributed by atoms with E-state index in [1.807, 2.05) is 17.2 Å². The molecule has 0 bridgehead atoms. The topological polar surface area (TPSA) is 33.2 Å². The summed E-state index contributed by atoms with van der Waals surface area (Å²) in [6, 6.07) is 17.0. The van der Waals surface area contributed by atoms with E-state index in [1.54, 1.807) is 24.3 Å². The SMILES string of the molecule is O=C(CCC(c1ccc(F)cc1)c1ccc(F)cc1)N1CCC2(CCc3ncccc32)CC1. The van der Waals surface area contributed by atoms with Crippen molar-refractivity contribution in [3.8, 4) is 0 Å². The van der Waals surface area contributed by atoms with Crippen LogP contribution in [0.1, 0.15) is 60.4 Å². The number of aromatic nitrogens is 1. The zero-order valence-electron chi connectivity index (χ0n) is 18.6. The van der Waals surface area contributed by atoms with Gasteiger partial charge in [0, 0.05) is 42.7 Å². The second kappa shape index (κ2) is 9.05. The number of likely N-dealkylation sites (tertiary alicyclic amines) is 1. The van der Waals surface area contributed by atoms with E-state index < -0.39 is 0 Å². The van der Waals surface area contributed by atoms with Crippen LogP contribution in [-0.4, -0.2) is 28.9 Å². The van der Waals surface area contributed by atoms with Gasteiger partial charge in [0.25, 0.3) is 0 Å². The molecule has 1 spiro atoms. The molecule has 2 aromatic carbocycles. The molecule has 1 amide bonds. The highest BCUT2D eigenvalue weighted by atomic mass is 19.1. The molecule has 33 heavy (non-hydrogen) atoms. The summed E-state index contributed by atoms with van der Waals surface area (Å²) in [5.74, 6) is -0.514. The Kier molecular flexibility index (Phi) is 5.96. The van der Waals surface area contributed by atoms with Crippen LogP contribution in [-0.2, 0) is 16.6 Å². The van der Waals surface area contributed by atoms with Gasteiger partial charge in [-0.15, -0.1) is 0 Å². The minimum atomic E-state index is -0.293. The van der Waals surface area contributed by atoms with Gasteiger partial charge in [-0.05, 0) is 79.1 Å². The molecule has 5 rings (SSSR count). The summed E-state index contributed by atoms with van der Waals surface area (Å²) >= 11 is 0. The number of nitrogens with zero attached hydrogens (tertiary/aromatic N) is 2. The molecule has 5 heteroatoms. The lowest BCUT2D eigenvalue weighted by Gasteiger charge is -2.40. The van der Waals surface area contributed by atoms with Gasteiger partial charge in [-0.2, -0.15) is 0 Å². The fourth-order valence-electron chi connectivity index (χ4n) is 5.66. The van der Waals surface area contributed by atoms with Gasteiger partial charge in [-0.3, -0.25) is 9.78 Å². The van der Waals surface area contributed by atoms with Gasteiger partial charge in [-0.1, -0.05) is 30.3 Å². The lowest BCUT2D eigenvalue weighted by atomic mass is 9.74. The van der Waals surface area contributed by atoms with Crippen LogP contribution in [0.15, 0.2) is 66.9 Å². The Morgan fingerprint density at radius 1 is 0.909 bits per heavy atom. The first-order valence-electron chi connectivity index (χ1n) is 11.8.